The molecule has 8 heteroatoms. The minimum Gasteiger partial charge on any atom is -0.482 e. The van der Waals surface area contributed by atoms with Crippen molar-refractivity contribution in [2.45, 2.75) is 18.8 Å². The summed E-state index contributed by atoms with van der Waals surface area (Å²) in [5, 5.41) is 8.77. The molecule has 1 amide bonds. The van der Waals surface area contributed by atoms with Crippen LogP contribution in [-0.4, -0.2) is 48.1 Å². The average Bonchev–Trinajstić information content (AvgIpc) is 3.26. The molecule has 31 heavy (non-hydrogen) atoms. The van der Waals surface area contributed by atoms with E-state index in [0.717, 1.165) is 23.9 Å². The van der Waals surface area contributed by atoms with Gasteiger partial charge in [-0.05, 0) is 49.2 Å². The largest absolute Gasteiger partial charge is 0.482 e. The number of piperidine rings is 1. The van der Waals surface area contributed by atoms with Gasteiger partial charge < -0.3 is 18.8 Å². The Morgan fingerprint density at radius 2 is 1.84 bits per heavy atom. The molecule has 0 unspecified atom stereocenters. The number of nitrogens with zero attached hydrogens (tertiary/aromatic N) is 3. The summed E-state index contributed by atoms with van der Waals surface area (Å²) in [6, 6.07) is 16.0. The number of rotatable bonds is 6. The number of fused-ring (bicyclic) bond motifs is 1. The van der Waals surface area contributed by atoms with Crippen LogP contribution in [0.4, 0.5) is 0 Å². The highest BCUT2D eigenvalue weighted by molar-refractivity contribution is 5.81. The van der Waals surface area contributed by atoms with E-state index in [2.05, 4.69) is 4.98 Å². The van der Waals surface area contributed by atoms with Crippen molar-refractivity contribution in [3.05, 3.63) is 60.0 Å². The minimum absolute atomic E-state index is 0.167. The molecule has 0 aliphatic carbocycles. The fourth-order valence-corrected chi connectivity index (χ4v) is 3.48. The smallest absolute Gasteiger partial charge is 0.344 e. The molecule has 4 rings (SSSR count). The summed E-state index contributed by atoms with van der Waals surface area (Å²) >= 11 is 0. The van der Waals surface area contributed by atoms with Gasteiger partial charge in [-0.15, -0.1) is 0 Å². The van der Waals surface area contributed by atoms with Crippen molar-refractivity contribution in [2.75, 3.05) is 26.3 Å². The van der Waals surface area contributed by atoms with Crippen molar-refractivity contribution < 1.29 is 23.5 Å². The summed E-state index contributed by atoms with van der Waals surface area (Å²) in [7, 11) is 0. The molecule has 0 atom stereocenters. The van der Waals surface area contributed by atoms with Gasteiger partial charge in [0.05, 0.1) is 11.6 Å². The monoisotopic (exact) mass is 419 g/mol. The summed E-state index contributed by atoms with van der Waals surface area (Å²) in [6.45, 7) is 0.491. The number of oxazole rings is 1. The second kappa shape index (κ2) is 9.30. The third kappa shape index (κ3) is 5.01. The third-order valence-corrected chi connectivity index (χ3v) is 5.20. The summed E-state index contributed by atoms with van der Waals surface area (Å²) in [6.07, 6.45) is 1.49. The maximum atomic E-state index is 12.4. The van der Waals surface area contributed by atoms with E-state index in [4.69, 9.17) is 19.2 Å². The molecule has 8 nitrogen and oxygen atoms in total. The number of nitriles is 1. The molecular weight excluding hydrogens is 398 g/mol. The molecule has 1 aliphatic heterocycles. The molecule has 0 N–H and O–H groups in total. The molecule has 0 spiro atoms. The van der Waals surface area contributed by atoms with Gasteiger partial charge in [0, 0.05) is 19.0 Å². The molecule has 1 fully saturated rings. The van der Waals surface area contributed by atoms with E-state index >= 15 is 0 Å². The number of amides is 1. The van der Waals surface area contributed by atoms with Crippen LogP contribution in [0.15, 0.2) is 52.9 Å². The summed E-state index contributed by atoms with van der Waals surface area (Å²) in [5.41, 5.74) is 2.11. The zero-order valence-corrected chi connectivity index (χ0v) is 16.8. The number of hydrogen-bond donors (Lipinski definition) is 0. The molecule has 0 saturated carbocycles. The Hall–Kier alpha value is -3.86. The fourth-order valence-electron chi connectivity index (χ4n) is 3.48. The first-order chi connectivity index (χ1) is 15.1. The van der Waals surface area contributed by atoms with Crippen molar-refractivity contribution in [1.82, 2.24) is 9.88 Å². The fraction of sp³-hybridized carbons (Fsp3) is 0.304. The number of esters is 1. The van der Waals surface area contributed by atoms with Crippen LogP contribution in [0.5, 0.6) is 5.75 Å². The van der Waals surface area contributed by atoms with Gasteiger partial charge in [0.1, 0.15) is 11.3 Å². The lowest BCUT2D eigenvalue weighted by Crippen LogP contribution is -2.40. The SMILES string of the molecule is N#Cc1ccc(OCC(=O)OCC(=O)N2CCC(c3nc4ccccc4o3)CC2)cc1. The van der Waals surface area contributed by atoms with Gasteiger partial charge in [-0.25, -0.2) is 9.78 Å². The zero-order chi connectivity index (χ0) is 21.6. The van der Waals surface area contributed by atoms with Crippen LogP contribution in [0.25, 0.3) is 11.1 Å². The van der Waals surface area contributed by atoms with Gasteiger partial charge in [0.15, 0.2) is 24.7 Å². The molecule has 2 heterocycles. The maximum absolute atomic E-state index is 12.4. The van der Waals surface area contributed by atoms with Gasteiger partial charge in [0.25, 0.3) is 5.91 Å². The molecule has 1 aromatic heterocycles. The number of benzene rings is 2. The van der Waals surface area contributed by atoms with Gasteiger partial charge >= 0.3 is 5.97 Å². The Labute approximate surface area is 179 Å². The van der Waals surface area contributed by atoms with Crippen LogP contribution < -0.4 is 4.74 Å². The summed E-state index contributed by atoms with van der Waals surface area (Å²) in [4.78, 5) is 30.5. The topological polar surface area (TPSA) is 106 Å². The van der Waals surface area contributed by atoms with Gasteiger partial charge in [-0.3, -0.25) is 4.79 Å². The number of para-hydroxylation sites is 2. The van der Waals surface area contributed by atoms with Crippen LogP contribution in [-0.2, 0) is 14.3 Å². The van der Waals surface area contributed by atoms with E-state index in [-0.39, 0.29) is 25.0 Å². The quantitative estimate of drug-likeness (QED) is 0.566. The lowest BCUT2D eigenvalue weighted by atomic mass is 9.97. The highest BCUT2D eigenvalue weighted by atomic mass is 16.6. The van der Waals surface area contributed by atoms with Crippen molar-refractivity contribution in [3.63, 3.8) is 0 Å². The van der Waals surface area contributed by atoms with Crippen LogP contribution in [0, 0.1) is 11.3 Å². The Balaban J connectivity index is 1.19. The Kier molecular flexibility index (Phi) is 6.13. The highest BCUT2D eigenvalue weighted by Crippen LogP contribution is 2.29. The molecule has 1 aliphatic rings. The molecule has 2 aromatic carbocycles. The zero-order valence-electron chi connectivity index (χ0n) is 16.8. The third-order valence-electron chi connectivity index (χ3n) is 5.20. The normalized spacial score (nSPS) is 14.2. The number of carbonyl (C=O) groups is 2. The highest BCUT2D eigenvalue weighted by Gasteiger charge is 2.27. The lowest BCUT2D eigenvalue weighted by Gasteiger charge is -2.30. The Morgan fingerprint density at radius 3 is 2.55 bits per heavy atom. The van der Waals surface area contributed by atoms with Crippen LogP contribution in [0.2, 0.25) is 0 Å². The maximum Gasteiger partial charge on any atom is 0.344 e. The van der Waals surface area contributed by atoms with Gasteiger partial charge in [0.2, 0.25) is 0 Å². The van der Waals surface area contributed by atoms with E-state index in [1.165, 1.54) is 0 Å². The van der Waals surface area contributed by atoms with Crippen LogP contribution in [0.3, 0.4) is 0 Å². The molecular formula is C23H21N3O5. The second-order valence-corrected chi connectivity index (χ2v) is 7.26. The van der Waals surface area contributed by atoms with Crippen molar-refractivity contribution in [1.29, 1.82) is 5.26 Å². The van der Waals surface area contributed by atoms with Crippen molar-refractivity contribution in [3.8, 4) is 11.8 Å². The van der Waals surface area contributed by atoms with Crippen LogP contribution in [0.1, 0.15) is 30.2 Å². The van der Waals surface area contributed by atoms with E-state index < -0.39 is 5.97 Å². The van der Waals surface area contributed by atoms with Gasteiger partial charge in [-0.1, -0.05) is 12.1 Å². The van der Waals surface area contributed by atoms with Crippen molar-refractivity contribution >= 4 is 23.0 Å². The van der Waals surface area contributed by atoms with Crippen molar-refractivity contribution in [2.24, 2.45) is 0 Å². The standard InChI is InChI=1S/C23H21N3O5/c24-13-16-5-7-18(8-6-16)29-15-22(28)30-14-21(27)26-11-9-17(10-12-26)23-25-19-3-1-2-4-20(19)31-23/h1-8,17H,9-12,14-15H2. The van der Waals surface area contributed by atoms with E-state index in [1.807, 2.05) is 30.3 Å². The number of ether oxygens (including phenoxy) is 2. The first-order valence-electron chi connectivity index (χ1n) is 10.0. The first kappa shape index (κ1) is 20.4. The Morgan fingerprint density at radius 1 is 1.10 bits per heavy atom. The van der Waals surface area contributed by atoms with Gasteiger partial charge in [-0.2, -0.15) is 5.26 Å². The van der Waals surface area contributed by atoms with E-state index in [9.17, 15) is 9.59 Å². The second-order valence-electron chi connectivity index (χ2n) is 7.26. The van der Waals surface area contributed by atoms with E-state index in [1.54, 1.807) is 29.2 Å². The number of hydrogen-bond acceptors (Lipinski definition) is 7. The number of aromatic nitrogens is 1. The minimum atomic E-state index is -0.626. The van der Waals surface area contributed by atoms with Crippen LogP contribution >= 0.6 is 0 Å². The predicted octanol–water partition coefficient (Wildman–Crippen LogP) is 3.03. The molecule has 1 saturated heterocycles. The Bertz CT molecular complexity index is 1080. The average molecular weight is 419 g/mol. The summed E-state index contributed by atoms with van der Waals surface area (Å²) < 4.78 is 16.2. The first-order valence-corrected chi connectivity index (χ1v) is 10.0. The number of likely N-dealkylation sites (tertiary alicyclic amines) is 1. The number of carbonyl (C=O) groups excluding carboxylic acids is 2. The lowest BCUT2D eigenvalue weighted by molar-refractivity contribution is -0.154. The molecule has 3 aromatic rings. The summed E-state index contributed by atoms with van der Waals surface area (Å²) in [5.74, 6) is 0.463. The predicted molar refractivity (Wildman–Crippen MR) is 110 cm³/mol. The molecule has 0 bridgehead atoms. The molecule has 158 valence electrons. The molecule has 0 radical (unpaired) electrons. The van der Waals surface area contributed by atoms with E-state index in [0.29, 0.717) is 30.3 Å².